The van der Waals surface area contributed by atoms with Crippen molar-refractivity contribution in [2.45, 2.75) is 6.54 Å². The number of aromatic nitrogens is 2. The molecule has 1 aromatic heterocycles. The molecule has 0 aliphatic carbocycles. The summed E-state index contributed by atoms with van der Waals surface area (Å²) in [5.41, 5.74) is 1.39. The van der Waals surface area contributed by atoms with Crippen LogP contribution < -0.4 is 14.8 Å². The van der Waals surface area contributed by atoms with Gasteiger partial charge in [0.25, 0.3) is 5.91 Å². The summed E-state index contributed by atoms with van der Waals surface area (Å²) < 4.78 is 10.5. The first kappa shape index (κ1) is 18.9. The van der Waals surface area contributed by atoms with E-state index in [1.807, 2.05) is 23.1 Å². The Hall–Kier alpha value is -2.87. The average Bonchev–Trinajstić information content (AvgIpc) is 2.72. The molecule has 1 N–H and O–H groups in total. The monoisotopic (exact) mass is 371 g/mol. The van der Waals surface area contributed by atoms with E-state index in [4.69, 9.17) is 9.47 Å². The second-order valence-corrected chi connectivity index (χ2v) is 6.43. The van der Waals surface area contributed by atoms with Crippen LogP contribution in [0.5, 0.6) is 11.5 Å². The largest absolute Gasteiger partial charge is 0.493 e. The Morgan fingerprint density at radius 1 is 1.07 bits per heavy atom. The van der Waals surface area contributed by atoms with Crippen LogP contribution in [0.2, 0.25) is 0 Å². The van der Waals surface area contributed by atoms with Crippen molar-refractivity contribution in [2.24, 2.45) is 0 Å². The van der Waals surface area contributed by atoms with E-state index < -0.39 is 0 Å². The van der Waals surface area contributed by atoms with Crippen LogP contribution in [0.3, 0.4) is 0 Å². The highest BCUT2D eigenvalue weighted by Crippen LogP contribution is 2.27. The summed E-state index contributed by atoms with van der Waals surface area (Å²) in [6, 6.07) is 5.72. The van der Waals surface area contributed by atoms with E-state index in [2.05, 4.69) is 27.2 Å². The van der Waals surface area contributed by atoms with Gasteiger partial charge in [-0.2, -0.15) is 0 Å². The number of amides is 1. The van der Waals surface area contributed by atoms with Gasteiger partial charge >= 0.3 is 0 Å². The Balaban J connectivity index is 1.58. The maximum atomic E-state index is 12.5. The van der Waals surface area contributed by atoms with Gasteiger partial charge in [0.15, 0.2) is 11.5 Å². The number of nitrogens with zero attached hydrogens (tertiary/aromatic N) is 4. The van der Waals surface area contributed by atoms with Crippen molar-refractivity contribution in [3.63, 3.8) is 0 Å². The molecule has 1 fully saturated rings. The van der Waals surface area contributed by atoms with Crippen molar-refractivity contribution < 1.29 is 14.3 Å². The van der Waals surface area contributed by atoms with Gasteiger partial charge in [-0.3, -0.25) is 4.79 Å². The molecule has 2 aromatic rings. The molecule has 1 aliphatic rings. The molecule has 1 aromatic carbocycles. The van der Waals surface area contributed by atoms with Gasteiger partial charge in [0.05, 0.1) is 26.6 Å². The Morgan fingerprint density at radius 2 is 1.81 bits per heavy atom. The van der Waals surface area contributed by atoms with E-state index in [0.717, 1.165) is 31.7 Å². The molecule has 0 saturated carbocycles. The van der Waals surface area contributed by atoms with Gasteiger partial charge < -0.3 is 24.6 Å². The SMILES string of the molecule is COc1ccc(CNc2cnc(C(=O)N3CCN(C)CC3)cn2)cc1OC. The van der Waals surface area contributed by atoms with E-state index in [-0.39, 0.29) is 5.91 Å². The van der Waals surface area contributed by atoms with Crippen LogP contribution in [0.4, 0.5) is 5.82 Å². The lowest BCUT2D eigenvalue weighted by Crippen LogP contribution is -2.47. The molecular formula is C19H25N5O3. The zero-order valence-electron chi connectivity index (χ0n) is 15.9. The van der Waals surface area contributed by atoms with Crippen molar-refractivity contribution in [1.82, 2.24) is 19.8 Å². The number of ether oxygens (including phenoxy) is 2. The number of benzene rings is 1. The van der Waals surface area contributed by atoms with Crippen LogP contribution in [-0.2, 0) is 6.54 Å². The maximum Gasteiger partial charge on any atom is 0.274 e. The van der Waals surface area contributed by atoms with E-state index >= 15 is 0 Å². The molecule has 8 heteroatoms. The third-order valence-electron chi connectivity index (χ3n) is 4.58. The summed E-state index contributed by atoms with van der Waals surface area (Å²) in [4.78, 5) is 25.1. The van der Waals surface area contributed by atoms with Gasteiger partial charge in [-0.05, 0) is 24.7 Å². The molecule has 1 saturated heterocycles. The van der Waals surface area contributed by atoms with Crippen LogP contribution in [0, 0.1) is 0 Å². The highest BCUT2D eigenvalue weighted by atomic mass is 16.5. The van der Waals surface area contributed by atoms with Crippen LogP contribution in [0.15, 0.2) is 30.6 Å². The minimum absolute atomic E-state index is 0.0676. The van der Waals surface area contributed by atoms with Gasteiger partial charge in [0, 0.05) is 32.7 Å². The minimum Gasteiger partial charge on any atom is -0.493 e. The van der Waals surface area contributed by atoms with Gasteiger partial charge in [-0.25, -0.2) is 9.97 Å². The predicted octanol–water partition coefficient (Wildman–Crippen LogP) is 1.49. The normalized spacial score (nSPS) is 14.7. The number of hydrogen-bond acceptors (Lipinski definition) is 7. The number of nitrogens with one attached hydrogen (secondary N) is 1. The standard InChI is InChI=1S/C19H25N5O3/c1-23-6-8-24(9-7-23)19(25)15-12-22-18(13-20-15)21-11-14-4-5-16(26-2)17(10-14)27-3/h4-5,10,12-13H,6-9,11H2,1-3H3,(H,21,22). The lowest BCUT2D eigenvalue weighted by atomic mass is 10.2. The van der Waals surface area contributed by atoms with E-state index in [1.165, 1.54) is 6.20 Å². The van der Waals surface area contributed by atoms with Crippen molar-refractivity contribution in [2.75, 3.05) is 52.8 Å². The Bertz CT molecular complexity index is 773. The van der Waals surface area contributed by atoms with Crippen LogP contribution in [0.25, 0.3) is 0 Å². The molecular weight excluding hydrogens is 346 g/mol. The molecule has 8 nitrogen and oxygen atoms in total. The average molecular weight is 371 g/mol. The first-order valence-corrected chi connectivity index (χ1v) is 8.85. The number of rotatable bonds is 6. The number of carbonyl (C=O) groups is 1. The van der Waals surface area contributed by atoms with Crippen molar-refractivity contribution in [1.29, 1.82) is 0 Å². The Kier molecular flexibility index (Phi) is 6.08. The summed E-state index contributed by atoms with van der Waals surface area (Å²) >= 11 is 0. The van der Waals surface area contributed by atoms with Crippen molar-refractivity contribution in [3.8, 4) is 11.5 Å². The van der Waals surface area contributed by atoms with E-state index in [0.29, 0.717) is 29.6 Å². The first-order chi connectivity index (χ1) is 13.1. The molecule has 27 heavy (non-hydrogen) atoms. The quantitative estimate of drug-likeness (QED) is 0.824. The van der Waals surface area contributed by atoms with Crippen molar-refractivity contribution in [3.05, 3.63) is 41.9 Å². The molecule has 2 heterocycles. The molecule has 1 amide bonds. The maximum absolute atomic E-state index is 12.5. The molecule has 0 unspecified atom stereocenters. The van der Waals surface area contributed by atoms with Crippen LogP contribution >= 0.6 is 0 Å². The zero-order chi connectivity index (χ0) is 19.2. The number of anilines is 1. The second-order valence-electron chi connectivity index (χ2n) is 6.43. The van der Waals surface area contributed by atoms with Gasteiger partial charge in [0.2, 0.25) is 0 Å². The molecule has 0 atom stereocenters. The smallest absolute Gasteiger partial charge is 0.274 e. The molecule has 0 spiro atoms. The highest BCUT2D eigenvalue weighted by molar-refractivity contribution is 5.92. The summed E-state index contributed by atoms with van der Waals surface area (Å²) in [5.74, 6) is 1.91. The fourth-order valence-electron chi connectivity index (χ4n) is 2.88. The highest BCUT2D eigenvalue weighted by Gasteiger charge is 2.21. The topological polar surface area (TPSA) is 79.8 Å². The predicted molar refractivity (Wildman–Crippen MR) is 102 cm³/mol. The second kappa shape index (κ2) is 8.68. The summed E-state index contributed by atoms with van der Waals surface area (Å²) in [6.45, 7) is 3.75. The van der Waals surface area contributed by atoms with Gasteiger partial charge in [-0.1, -0.05) is 6.07 Å². The summed E-state index contributed by atoms with van der Waals surface area (Å²) in [5, 5.41) is 3.20. The molecule has 0 bridgehead atoms. The first-order valence-electron chi connectivity index (χ1n) is 8.85. The van der Waals surface area contributed by atoms with Crippen molar-refractivity contribution >= 4 is 11.7 Å². The third kappa shape index (κ3) is 4.65. The molecule has 1 aliphatic heterocycles. The molecule has 0 radical (unpaired) electrons. The number of piperazine rings is 1. The minimum atomic E-state index is -0.0676. The summed E-state index contributed by atoms with van der Waals surface area (Å²) in [7, 11) is 5.27. The fraction of sp³-hybridized carbons (Fsp3) is 0.421. The Labute approximate surface area is 159 Å². The van der Waals surface area contributed by atoms with E-state index in [9.17, 15) is 4.79 Å². The third-order valence-corrected chi connectivity index (χ3v) is 4.58. The number of carbonyl (C=O) groups excluding carboxylic acids is 1. The molecule has 3 rings (SSSR count). The summed E-state index contributed by atoms with van der Waals surface area (Å²) in [6.07, 6.45) is 3.11. The van der Waals surface area contributed by atoms with Gasteiger partial charge in [0.1, 0.15) is 11.5 Å². The number of hydrogen-bond donors (Lipinski definition) is 1. The lowest BCUT2D eigenvalue weighted by molar-refractivity contribution is 0.0658. The molecule has 144 valence electrons. The van der Waals surface area contributed by atoms with Crippen LogP contribution in [0.1, 0.15) is 16.1 Å². The zero-order valence-corrected chi connectivity index (χ0v) is 15.9. The Morgan fingerprint density at radius 3 is 2.44 bits per heavy atom. The lowest BCUT2D eigenvalue weighted by Gasteiger charge is -2.32. The van der Waals surface area contributed by atoms with Crippen LogP contribution in [-0.4, -0.2) is 73.1 Å². The number of likely N-dealkylation sites (N-methyl/N-ethyl adjacent to an activating group) is 1. The van der Waals surface area contributed by atoms with Gasteiger partial charge in [-0.15, -0.1) is 0 Å². The number of methoxy groups -OCH3 is 2. The fourth-order valence-corrected chi connectivity index (χ4v) is 2.88. The van der Waals surface area contributed by atoms with E-state index in [1.54, 1.807) is 20.4 Å².